The van der Waals surface area contributed by atoms with Crippen LogP contribution in [-0.4, -0.2) is 18.1 Å². The molecular formula is C11H13BrN2. The highest BCUT2D eigenvalue weighted by Gasteiger charge is 2.05. The monoisotopic (exact) mass is 252 g/mol. The summed E-state index contributed by atoms with van der Waals surface area (Å²) in [7, 11) is 0. The van der Waals surface area contributed by atoms with E-state index in [9.17, 15) is 0 Å². The van der Waals surface area contributed by atoms with Crippen molar-refractivity contribution in [3.8, 4) is 0 Å². The summed E-state index contributed by atoms with van der Waals surface area (Å²) in [4.78, 5) is 4.33. The number of pyridine rings is 1. The molecule has 0 radical (unpaired) electrons. The summed E-state index contributed by atoms with van der Waals surface area (Å²) >= 11 is 3.50. The van der Waals surface area contributed by atoms with Crippen molar-refractivity contribution >= 4 is 22.0 Å². The van der Waals surface area contributed by atoms with E-state index in [0.717, 1.165) is 36.1 Å². The molecule has 1 fully saturated rings. The molecule has 1 aromatic heterocycles. The number of hydrogen-bond acceptors (Lipinski definition) is 2. The molecular weight excluding hydrogens is 240 g/mol. The molecule has 0 aromatic carbocycles. The average Bonchev–Trinajstić information content (AvgIpc) is 2.23. The van der Waals surface area contributed by atoms with E-state index in [1.165, 1.54) is 5.57 Å². The second-order valence-electron chi connectivity index (χ2n) is 3.42. The summed E-state index contributed by atoms with van der Waals surface area (Å²) in [5.74, 6) is 0. The fourth-order valence-corrected chi connectivity index (χ4v) is 1.96. The van der Waals surface area contributed by atoms with Crippen molar-refractivity contribution in [3.05, 3.63) is 34.1 Å². The maximum Gasteiger partial charge on any atom is 0.0771 e. The number of halogens is 1. The van der Waals surface area contributed by atoms with E-state index in [4.69, 9.17) is 0 Å². The maximum absolute atomic E-state index is 4.33. The van der Waals surface area contributed by atoms with Gasteiger partial charge in [-0.15, -0.1) is 0 Å². The van der Waals surface area contributed by atoms with E-state index in [2.05, 4.69) is 32.3 Å². The van der Waals surface area contributed by atoms with Gasteiger partial charge in [0.1, 0.15) is 0 Å². The Kier molecular flexibility index (Phi) is 3.32. The molecule has 3 heteroatoms. The van der Waals surface area contributed by atoms with Crippen molar-refractivity contribution in [1.82, 2.24) is 10.3 Å². The van der Waals surface area contributed by atoms with Crippen molar-refractivity contribution in [1.29, 1.82) is 0 Å². The van der Waals surface area contributed by atoms with Gasteiger partial charge in [0.15, 0.2) is 0 Å². The lowest BCUT2D eigenvalue weighted by atomic mass is 10.0. The Morgan fingerprint density at radius 2 is 2.14 bits per heavy atom. The molecule has 0 spiro atoms. The quantitative estimate of drug-likeness (QED) is 0.832. The lowest BCUT2D eigenvalue weighted by Crippen LogP contribution is -2.22. The van der Waals surface area contributed by atoms with Gasteiger partial charge in [-0.1, -0.05) is 5.57 Å². The standard InChI is InChI=1S/C11H13BrN2/c12-10-2-1-5-14-11(10)8-9-3-6-13-7-4-9/h1-2,5,8,13H,3-4,6-7H2. The Balaban J connectivity index is 2.19. The fraction of sp³-hybridized carbons (Fsp3) is 0.364. The first-order chi connectivity index (χ1) is 6.86. The van der Waals surface area contributed by atoms with Gasteiger partial charge in [-0.2, -0.15) is 0 Å². The van der Waals surface area contributed by atoms with Crippen LogP contribution in [-0.2, 0) is 0 Å². The third kappa shape index (κ3) is 2.42. The summed E-state index contributed by atoms with van der Waals surface area (Å²) < 4.78 is 1.08. The van der Waals surface area contributed by atoms with Gasteiger partial charge < -0.3 is 5.32 Å². The number of nitrogens with one attached hydrogen (secondary N) is 1. The van der Waals surface area contributed by atoms with Gasteiger partial charge >= 0.3 is 0 Å². The fourth-order valence-electron chi connectivity index (χ4n) is 1.59. The smallest absolute Gasteiger partial charge is 0.0771 e. The molecule has 2 rings (SSSR count). The summed E-state index contributed by atoms with van der Waals surface area (Å²) in [6.45, 7) is 2.19. The van der Waals surface area contributed by atoms with Crippen LogP contribution in [0, 0.1) is 0 Å². The minimum absolute atomic E-state index is 1.05. The third-order valence-electron chi connectivity index (χ3n) is 2.37. The largest absolute Gasteiger partial charge is 0.316 e. The Labute approximate surface area is 92.6 Å². The van der Waals surface area contributed by atoms with E-state index < -0.39 is 0 Å². The molecule has 2 heterocycles. The van der Waals surface area contributed by atoms with E-state index in [1.54, 1.807) is 0 Å². The van der Waals surface area contributed by atoms with Gasteiger partial charge in [0.2, 0.25) is 0 Å². The van der Waals surface area contributed by atoms with Crippen molar-refractivity contribution < 1.29 is 0 Å². The molecule has 0 aliphatic carbocycles. The van der Waals surface area contributed by atoms with Crippen LogP contribution < -0.4 is 5.32 Å². The highest BCUT2D eigenvalue weighted by Crippen LogP contribution is 2.19. The van der Waals surface area contributed by atoms with Gasteiger partial charge in [0, 0.05) is 10.7 Å². The first-order valence-corrected chi connectivity index (χ1v) is 5.66. The predicted molar refractivity (Wildman–Crippen MR) is 62.0 cm³/mol. The first kappa shape index (κ1) is 9.87. The minimum atomic E-state index is 1.05. The Bertz CT molecular complexity index is 339. The molecule has 0 atom stereocenters. The van der Waals surface area contributed by atoms with E-state index in [-0.39, 0.29) is 0 Å². The maximum atomic E-state index is 4.33. The van der Waals surface area contributed by atoms with Crippen molar-refractivity contribution in [2.45, 2.75) is 12.8 Å². The molecule has 1 aliphatic heterocycles. The van der Waals surface area contributed by atoms with Crippen LogP contribution in [0.5, 0.6) is 0 Å². The van der Waals surface area contributed by atoms with Crippen molar-refractivity contribution in [2.75, 3.05) is 13.1 Å². The molecule has 1 N–H and O–H groups in total. The zero-order valence-corrected chi connectivity index (χ0v) is 9.55. The summed E-state index contributed by atoms with van der Waals surface area (Å²) in [6.07, 6.45) is 6.31. The second-order valence-corrected chi connectivity index (χ2v) is 4.28. The second kappa shape index (κ2) is 4.71. The summed E-state index contributed by atoms with van der Waals surface area (Å²) in [5.41, 5.74) is 2.53. The molecule has 0 saturated carbocycles. The molecule has 14 heavy (non-hydrogen) atoms. The van der Waals surface area contributed by atoms with Crippen molar-refractivity contribution in [3.63, 3.8) is 0 Å². The van der Waals surface area contributed by atoms with E-state index >= 15 is 0 Å². The molecule has 0 unspecified atom stereocenters. The minimum Gasteiger partial charge on any atom is -0.316 e. The van der Waals surface area contributed by atoms with Gasteiger partial charge in [-0.3, -0.25) is 4.98 Å². The zero-order valence-electron chi connectivity index (χ0n) is 7.96. The summed E-state index contributed by atoms with van der Waals surface area (Å²) in [5, 5.41) is 3.34. The van der Waals surface area contributed by atoms with Crippen LogP contribution in [0.25, 0.3) is 6.08 Å². The highest BCUT2D eigenvalue weighted by atomic mass is 79.9. The van der Waals surface area contributed by atoms with E-state index in [0.29, 0.717) is 0 Å². The Hall–Kier alpha value is -0.670. The molecule has 0 bridgehead atoms. The SMILES string of the molecule is Brc1cccnc1C=C1CCNCC1. The molecule has 1 saturated heterocycles. The average molecular weight is 253 g/mol. The van der Waals surface area contributed by atoms with Gasteiger partial charge in [-0.05, 0) is 60.1 Å². The number of aromatic nitrogens is 1. The number of piperidine rings is 1. The molecule has 0 amide bonds. The van der Waals surface area contributed by atoms with Crippen LogP contribution in [0.15, 0.2) is 28.4 Å². The molecule has 74 valence electrons. The number of hydrogen-bond donors (Lipinski definition) is 1. The van der Waals surface area contributed by atoms with Crippen LogP contribution >= 0.6 is 15.9 Å². The van der Waals surface area contributed by atoms with Crippen LogP contribution in [0.3, 0.4) is 0 Å². The lowest BCUT2D eigenvalue weighted by Gasteiger charge is -2.15. The van der Waals surface area contributed by atoms with Gasteiger partial charge in [0.25, 0.3) is 0 Å². The molecule has 1 aromatic rings. The Morgan fingerprint density at radius 1 is 1.36 bits per heavy atom. The number of nitrogens with zero attached hydrogens (tertiary/aromatic N) is 1. The van der Waals surface area contributed by atoms with E-state index in [1.807, 2.05) is 18.3 Å². The topological polar surface area (TPSA) is 24.9 Å². The Morgan fingerprint density at radius 3 is 2.86 bits per heavy atom. The summed E-state index contributed by atoms with van der Waals surface area (Å²) in [6, 6.07) is 3.97. The van der Waals surface area contributed by atoms with Crippen LogP contribution in [0.1, 0.15) is 18.5 Å². The van der Waals surface area contributed by atoms with Gasteiger partial charge in [-0.25, -0.2) is 0 Å². The van der Waals surface area contributed by atoms with Crippen LogP contribution in [0.4, 0.5) is 0 Å². The predicted octanol–water partition coefficient (Wildman–Crippen LogP) is 2.61. The van der Waals surface area contributed by atoms with Crippen molar-refractivity contribution in [2.24, 2.45) is 0 Å². The lowest BCUT2D eigenvalue weighted by molar-refractivity contribution is 0.613. The zero-order chi connectivity index (χ0) is 9.80. The first-order valence-electron chi connectivity index (χ1n) is 4.87. The molecule has 1 aliphatic rings. The van der Waals surface area contributed by atoms with Crippen LogP contribution in [0.2, 0.25) is 0 Å². The normalized spacial score (nSPS) is 16.8. The third-order valence-corrected chi connectivity index (χ3v) is 3.04. The van der Waals surface area contributed by atoms with Gasteiger partial charge in [0.05, 0.1) is 5.69 Å². The highest BCUT2D eigenvalue weighted by molar-refractivity contribution is 9.10. The number of rotatable bonds is 1. The molecule has 2 nitrogen and oxygen atoms in total.